The lowest BCUT2D eigenvalue weighted by Gasteiger charge is -2.34. The zero-order valence-corrected chi connectivity index (χ0v) is 13.1. The van der Waals surface area contributed by atoms with Crippen LogP contribution >= 0.6 is 0 Å². The Kier molecular flexibility index (Phi) is 3.75. The van der Waals surface area contributed by atoms with Crippen molar-refractivity contribution in [2.75, 3.05) is 0 Å². The van der Waals surface area contributed by atoms with E-state index < -0.39 is 0 Å². The predicted molar refractivity (Wildman–Crippen MR) is 90.7 cm³/mol. The summed E-state index contributed by atoms with van der Waals surface area (Å²) in [7, 11) is 0. The topological polar surface area (TPSA) is 9.23 Å². The third-order valence-corrected chi connectivity index (χ3v) is 4.89. The van der Waals surface area contributed by atoms with Gasteiger partial charge in [-0.15, -0.1) is 0 Å². The molecule has 1 aliphatic rings. The summed E-state index contributed by atoms with van der Waals surface area (Å²) in [4.78, 5) is 0. The molecule has 0 amide bonds. The SMILES string of the molecule is C=Cc1ccc2cc(OC3(C(C)C)CCCC3)ccc2c1. The molecular formula is C20H24O. The van der Waals surface area contributed by atoms with Crippen molar-refractivity contribution in [2.45, 2.75) is 45.1 Å². The molecule has 21 heavy (non-hydrogen) atoms. The van der Waals surface area contributed by atoms with E-state index >= 15 is 0 Å². The Balaban J connectivity index is 1.92. The first-order valence-corrected chi connectivity index (χ1v) is 7.98. The lowest BCUT2D eigenvalue weighted by atomic mass is 9.88. The normalized spacial score (nSPS) is 17.3. The molecule has 0 saturated heterocycles. The molecule has 110 valence electrons. The van der Waals surface area contributed by atoms with Gasteiger partial charge in [-0.25, -0.2) is 0 Å². The molecule has 2 aromatic rings. The average molecular weight is 280 g/mol. The summed E-state index contributed by atoms with van der Waals surface area (Å²) >= 11 is 0. The average Bonchev–Trinajstić information content (AvgIpc) is 2.96. The summed E-state index contributed by atoms with van der Waals surface area (Å²) in [6.45, 7) is 8.39. The van der Waals surface area contributed by atoms with Gasteiger partial charge in [-0.1, -0.05) is 44.7 Å². The van der Waals surface area contributed by atoms with Gasteiger partial charge in [-0.3, -0.25) is 0 Å². The minimum absolute atomic E-state index is 0.0364. The standard InChI is InChI=1S/C20H24O/c1-4-16-7-8-18-14-19(10-9-17(18)13-16)21-20(15(2)3)11-5-6-12-20/h4,7-10,13-15H,1,5-6,11-12H2,2-3H3. The van der Waals surface area contributed by atoms with Gasteiger partial charge in [0.05, 0.1) is 0 Å². The minimum atomic E-state index is 0.0364. The fourth-order valence-corrected chi connectivity index (χ4v) is 3.44. The van der Waals surface area contributed by atoms with Gasteiger partial charge in [0.15, 0.2) is 0 Å². The maximum Gasteiger partial charge on any atom is 0.120 e. The molecule has 0 N–H and O–H groups in total. The minimum Gasteiger partial charge on any atom is -0.487 e. The van der Waals surface area contributed by atoms with Gasteiger partial charge in [-0.2, -0.15) is 0 Å². The summed E-state index contributed by atoms with van der Waals surface area (Å²) in [5, 5.41) is 2.47. The Morgan fingerprint density at radius 3 is 2.38 bits per heavy atom. The molecule has 0 bridgehead atoms. The predicted octanol–water partition coefficient (Wildman–Crippen LogP) is 5.83. The highest BCUT2D eigenvalue weighted by molar-refractivity contribution is 5.85. The van der Waals surface area contributed by atoms with Gasteiger partial charge in [0.1, 0.15) is 11.4 Å². The van der Waals surface area contributed by atoms with Crippen LogP contribution in [0.5, 0.6) is 5.75 Å². The second-order valence-corrected chi connectivity index (χ2v) is 6.50. The van der Waals surface area contributed by atoms with Crippen LogP contribution in [0.1, 0.15) is 45.1 Å². The van der Waals surface area contributed by atoms with Gasteiger partial charge in [0.2, 0.25) is 0 Å². The van der Waals surface area contributed by atoms with E-state index in [0.717, 1.165) is 11.3 Å². The number of hydrogen-bond acceptors (Lipinski definition) is 1. The maximum atomic E-state index is 6.47. The van der Waals surface area contributed by atoms with Crippen LogP contribution in [0.25, 0.3) is 16.8 Å². The van der Waals surface area contributed by atoms with Gasteiger partial charge in [-0.05, 0) is 66.1 Å². The van der Waals surface area contributed by atoms with Crippen LogP contribution in [-0.2, 0) is 0 Å². The number of rotatable bonds is 4. The molecular weight excluding hydrogens is 256 g/mol. The van der Waals surface area contributed by atoms with Crippen LogP contribution in [-0.4, -0.2) is 5.60 Å². The zero-order valence-electron chi connectivity index (χ0n) is 13.1. The van der Waals surface area contributed by atoms with Gasteiger partial charge >= 0.3 is 0 Å². The second-order valence-electron chi connectivity index (χ2n) is 6.50. The Hall–Kier alpha value is -1.76. The van der Waals surface area contributed by atoms with Crippen molar-refractivity contribution >= 4 is 16.8 Å². The first-order chi connectivity index (χ1) is 10.1. The molecule has 1 saturated carbocycles. The molecule has 0 aliphatic heterocycles. The van der Waals surface area contributed by atoms with E-state index in [1.165, 1.54) is 36.5 Å². The molecule has 0 unspecified atom stereocenters. The Bertz CT molecular complexity index is 648. The molecule has 3 rings (SSSR count). The zero-order chi connectivity index (χ0) is 14.9. The third-order valence-electron chi connectivity index (χ3n) is 4.89. The molecule has 1 nitrogen and oxygen atoms in total. The second kappa shape index (κ2) is 5.55. The monoisotopic (exact) mass is 280 g/mol. The summed E-state index contributed by atoms with van der Waals surface area (Å²) in [6.07, 6.45) is 6.81. The van der Waals surface area contributed by atoms with E-state index in [1.54, 1.807) is 0 Å². The summed E-state index contributed by atoms with van der Waals surface area (Å²) < 4.78 is 6.47. The summed E-state index contributed by atoms with van der Waals surface area (Å²) in [5.41, 5.74) is 1.19. The third kappa shape index (κ3) is 2.70. The quantitative estimate of drug-likeness (QED) is 0.684. The lowest BCUT2D eigenvalue weighted by molar-refractivity contribution is 0.0290. The molecule has 2 aromatic carbocycles. The molecule has 0 aromatic heterocycles. The van der Waals surface area contributed by atoms with Crippen molar-refractivity contribution in [1.29, 1.82) is 0 Å². The van der Waals surface area contributed by atoms with Gasteiger partial charge < -0.3 is 4.74 Å². The lowest BCUT2D eigenvalue weighted by Crippen LogP contribution is -2.38. The van der Waals surface area contributed by atoms with Crippen LogP contribution in [0.15, 0.2) is 43.0 Å². The van der Waals surface area contributed by atoms with E-state index in [1.807, 2.05) is 6.08 Å². The van der Waals surface area contributed by atoms with Crippen LogP contribution in [0.2, 0.25) is 0 Å². The fraction of sp³-hybridized carbons (Fsp3) is 0.400. The highest BCUT2D eigenvalue weighted by Crippen LogP contribution is 2.40. The molecule has 0 spiro atoms. The highest BCUT2D eigenvalue weighted by atomic mass is 16.5. The number of hydrogen-bond donors (Lipinski definition) is 0. The largest absolute Gasteiger partial charge is 0.487 e. The Morgan fingerprint density at radius 2 is 1.71 bits per heavy atom. The van der Waals surface area contributed by atoms with Gasteiger partial charge in [0, 0.05) is 0 Å². The van der Waals surface area contributed by atoms with Crippen molar-refractivity contribution in [3.8, 4) is 5.75 Å². The number of fused-ring (bicyclic) bond motifs is 1. The molecule has 1 aliphatic carbocycles. The van der Waals surface area contributed by atoms with E-state index in [-0.39, 0.29) is 5.60 Å². The molecule has 0 heterocycles. The molecule has 0 atom stereocenters. The molecule has 1 fully saturated rings. The number of ether oxygens (including phenoxy) is 1. The van der Waals surface area contributed by atoms with Crippen molar-refractivity contribution in [3.63, 3.8) is 0 Å². The first-order valence-electron chi connectivity index (χ1n) is 7.98. The van der Waals surface area contributed by atoms with E-state index in [9.17, 15) is 0 Å². The van der Waals surface area contributed by atoms with Crippen molar-refractivity contribution in [3.05, 3.63) is 48.5 Å². The van der Waals surface area contributed by atoms with Crippen LogP contribution in [0, 0.1) is 5.92 Å². The van der Waals surface area contributed by atoms with Gasteiger partial charge in [0.25, 0.3) is 0 Å². The van der Waals surface area contributed by atoms with E-state index in [4.69, 9.17) is 4.74 Å². The fourth-order valence-electron chi connectivity index (χ4n) is 3.44. The molecule has 0 radical (unpaired) electrons. The van der Waals surface area contributed by atoms with Crippen molar-refractivity contribution in [1.82, 2.24) is 0 Å². The summed E-state index contributed by atoms with van der Waals surface area (Å²) in [5.74, 6) is 1.56. The Morgan fingerprint density at radius 1 is 1.05 bits per heavy atom. The van der Waals surface area contributed by atoms with E-state index in [2.05, 4.69) is 56.8 Å². The highest BCUT2D eigenvalue weighted by Gasteiger charge is 2.39. The Labute approximate surface area is 127 Å². The van der Waals surface area contributed by atoms with Crippen LogP contribution < -0.4 is 4.74 Å². The molecule has 1 heteroatoms. The smallest absolute Gasteiger partial charge is 0.120 e. The van der Waals surface area contributed by atoms with Crippen molar-refractivity contribution in [2.24, 2.45) is 5.92 Å². The van der Waals surface area contributed by atoms with Crippen LogP contribution in [0.3, 0.4) is 0 Å². The maximum absolute atomic E-state index is 6.47. The van der Waals surface area contributed by atoms with E-state index in [0.29, 0.717) is 5.92 Å². The number of benzene rings is 2. The van der Waals surface area contributed by atoms with Crippen molar-refractivity contribution < 1.29 is 4.74 Å². The summed E-state index contributed by atoms with van der Waals surface area (Å²) in [6, 6.07) is 12.9. The first kappa shape index (κ1) is 14.2. The van der Waals surface area contributed by atoms with Crippen LogP contribution in [0.4, 0.5) is 0 Å².